The van der Waals surface area contributed by atoms with E-state index in [4.69, 9.17) is 0 Å². The zero-order chi connectivity index (χ0) is 14.5. The van der Waals surface area contributed by atoms with E-state index >= 15 is 0 Å². The Hall–Kier alpha value is -1.88. The third-order valence-corrected chi connectivity index (χ3v) is 3.04. The first kappa shape index (κ1) is 14.5. The fraction of sp³-hybridized carbons (Fsp3) is 0.333. The van der Waals surface area contributed by atoms with Crippen molar-refractivity contribution in [1.29, 1.82) is 0 Å². The molecule has 0 aliphatic carbocycles. The second-order valence-corrected chi connectivity index (χ2v) is 4.63. The Labute approximate surface area is 117 Å². The summed E-state index contributed by atoms with van der Waals surface area (Å²) in [5.74, 6) is -0.846. The molecule has 1 N–H and O–H groups in total. The van der Waals surface area contributed by atoms with E-state index in [-0.39, 0.29) is 6.04 Å². The summed E-state index contributed by atoms with van der Waals surface area (Å²) in [6.45, 7) is 4.51. The van der Waals surface area contributed by atoms with Gasteiger partial charge >= 0.3 is 0 Å². The third kappa shape index (κ3) is 3.57. The third-order valence-electron chi connectivity index (χ3n) is 3.04. The van der Waals surface area contributed by atoms with E-state index in [9.17, 15) is 8.78 Å². The van der Waals surface area contributed by atoms with E-state index in [1.54, 1.807) is 12.4 Å². The Kier molecular flexibility index (Phi) is 4.74. The molecule has 5 heteroatoms. The predicted molar refractivity (Wildman–Crippen MR) is 73.2 cm³/mol. The van der Waals surface area contributed by atoms with Crippen LogP contribution < -0.4 is 5.32 Å². The highest BCUT2D eigenvalue weighted by molar-refractivity contribution is 5.21. The second-order valence-electron chi connectivity index (χ2n) is 4.63. The van der Waals surface area contributed by atoms with Gasteiger partial charge in [-0.15, -0.1) is 0 Å². The van der Waals surface area contributed by atoms with Crippen molar-refractivity contribution in [2.75, 3.05) is 6.54 Å². The summed E-state index contributed by atoms with van der Waals surface area (Å²) in [5, 5.41) is 3.22. The van der Waals surface area contributed by atoms with Gasteiger partial charge in [0.1, 0.15) is 11.6 Å². The number of aromatic nitrogens is 2. The van der Waals surface area contributed by atoms with Crippen molar-refractivity contribution in [3.8, 4) is 0 Å². The van der Waals surface area contributed by atoms with Gasteiger partial charge in [-0.3, -0.25) is 9.97 Å². The largest absolute Gasteiger partial charge is 0.309 e. The molecule has 0 aliphatic heterocycles. The molecule has 0 bridgehead atoms. The Morgan fingerprint density at radius 2 is 2.00 bits per heavy atom. The lowest BCUT2D eigenvalue weighted by atomic mass is 10.0. The minimum absolute atomic E-state index is 0.190. The molecule has 0 radical (unpaired) electrons. The maximum absolute atomic E-state index is 13.7. The Morgan fingerprint density at radius 3 is 2.65 bits per heavy atom. The van der Waals surface area contributed by atoms with Gasteiger partial charge < -0.3 is 5.32 Å². The lowest BCUT2D eigenvalue weighted by Gasteiger charge is -2.17. The van der Waals surface area contributed by atoms with Crippen LogP contribution in [0.1, 0.15) is 29.9 Å². The summed E-state index contributed by atoms with van der Waals surface area (Å²) in [6, 6.07) is 3.30. The molecule has 0 aliphatic rings. The maximum atomic E-state index is 13.7. The van der Waals surface area contributed by atoms with Gasteiger partial charge in [-0.05, 0) is 43.7 Å². The Balaban J connectivity index is 2.25. The molecule has 0 spiro atoms. The van der Waals surface area contributed by atoms with Gasteiger partial charge in [0.25, 0.3) is 0 Å². The molecule has 0 saturated carbocycles. The van der Waals surface area contributed by atoms with Crippen molar-refractivity contribution in [2.45, 2.75) is 26.3 Å². The zero-order valence-electron chi connectivity index (χ0n) is 11.5. The van der Waals surface area contributed by atoms with Crippen LogP contribution in [0, 0.1) is 18.6 Å². The summed E-state index contributed by atoms with van der Waals surface area (Å²) in [5.41, 5.74) is 1.88. The minimum Gasteiger partial charge on any atom is -0.309 e. The number of aryl methyl sites for hydroxylation is 1. The number of benzene rings is 1. The number of rotatable bonds is 5. The molecule has 0 fully saturated rings. The molecule has 0 saturated heterocycles. The van der Waals surface area contributed by atoms with Crippen LogP contribution in [0.15, 0.2) is 30.6 Å². The van der Waals surface area contributed by atoms with Gasteiger partial charge in [-0.25, -0.2) is 8.78 Å². The van der Waals surface area contributed by atoms with Crippen molar-refractivity contribution in [3.05, 3.63) is 59.2 Å². The molecule has 1 unspecified atom stereocenters. The molecule has 106 valence electrons. The number of nitrogens with zero attached hydrogens (tertiary/aromatic N) is 2. The van der Waals surface area contributed by atoms with Gasteiger partial charge in [0.05, 0.1) is 23.6 Å². The first-order chi connectivity index (χ1) is 9.60. The summed E-state index contributed by atoms with van der Waals surface area (Å²) in [4.78, 5) is 8.50. The van der Waals surface area contributed by atoms with E-state index < -0.39 is 11.6 Å². The number of nitrogens with one attached hydrogen (secondary N) is 1. The topological polar surface area (TPSA) is 37.8 Å². The number of likely N-dealkylation sites (N-methyl/N-ethyl adjacent to an activating group) is 1. The van der Waals surface area contributed by atoms with Gasteiger partial charge in [0, 0.05) is 6.20 Å². The van der Waals surface area contributed by atoms with Crippen molar-refractivity contribution >= 4 is 0 Å². The molecule has 1 heterocycles. The van der Waals surface area contributed by atoms with E-state index in [2.05, 4.69) is 15.3 Å². The molecular weight excluding hydrogens is 260 g/mol. The fourth-order valence-electron chi connectivity index (χ4n) is 2.03. The van der Waals surface area contributed by atoms with Crippen molar-refractivity contribution in [2.24, 2.45) is 0 Å². The summed E-state index contributed by atoms with van der Waals surface area (Å²) in [6.07, 6.45) is 3.66. The fourth-order valence-corrected chi connectivity index (χ4v) is 2.03. The van der Waals surface area contributed by atoms with Gasteiger partial charge in [-0.2, -0.15) is 0 Å². The molecule has 1 aromatic carbocycles. The predicted octanol–water partition coefficient (Wildman–Crippen LogP) is 2.96. The lowest BCUT2D eigenvalue weighted by molar-refractivity contribution is 0.511. The van der Waals surface area contributed by atoms with Crippen molar-refractivity contribution < 1.29 is 8.78 Å². The smallest absolute Gasteiger partial charge is 0.126 e. The standard InChI is InChI=1S/C15H17F2N3/c1-3-18-14(15-9-19-10(2)8-20-15)7-11-6-12(16)4-5-13(11)17/h4-6,8-9,14,18H,3,7H2,1-2H3. The molecule has 2 rings (SSSR count). The van der Waals surface area contributed by atoms with Crippen molar-refractivity contribution in [1.82, 2.24) is 15.3 Å². The highest BCUT2D eigenvalue weighted by atomic mass is 19.1. The number of hydrogen-bond acceptors (Lipinski definition) is 3. The van der Waals surface area contributed by atoms with Crippen LogP contribution in [-0.4, -0.2) is 16.5 Å². The lowest BCUT2D eigenvalue weighted by Crippen LogP contribution is -2.24. The molecule has 2 aromatic rings. The van der Waals surface area contributed by atoms with Crippen LogP contribution in [-0.2, 0) is 6.42 Å². The minimum atomic E-state index is -0.438. The Bertz CT molecular complexity index is 570. The van der Waals surface area contributed by atoms with Gasteiger partial charge in [0.2, 0.25) is 0 Å². The normalized spacial score (nSPS) is 12.4. The average Bonchev–Trinajstić information content (AvgIpc) is 2.43. The first-order valence-corrected chi connectivity index (χ1v) is 6.56. The van der Waals surface area contributed by atoms with E-state index in [0.717, 1.165) is 23.5 Å². The quantitative estimate of drug-likeness (QED) is 0.913. The molecule has 3 nitrogen and oxygen atoms in total. The number of hydrogen-bond donors (Lipinski definition) is 1. The molecular formula is C15H17F2N3. The van der Waals surface area contributed by atoms with Crippen LogP contribution in [0.2, 0.25) is 0 Å². The maximum Gasteiger partial charge on any atom is 0.126 e. The molecule has 1 atom stereocenters. The Morgan fingerprint density at radius 1 is 1.20 bits per heavy atom. The SMILES string of the molecule is CCNC(Cc1cc(F)ccc1F)c1cnc(C)cn1. The molecule has 20 heavy (non-hydrogen) atoms. The second kappa shape index (κ2) is 6.52. The average molecular weight is 277 g/mol. The van der Waals surface area contributed by atoms with E-state index in [0.29, 0.717) is 18.5 Å². The number of halogens is 2. The van der Waals surface area contributed by atoms with Crippen LogP contribution in [0.5, 0.6) is 0 Å². The monoisotopic (exact) mass is 277 g/mol. The van der Waals surface area contributed by atoms with Crippen LogP contribution in [0.4, 0.5) is 8.78 Å². The zero-order valence-corrected chi connectivity index (χ0v) is 11.5. The van der Waals surface area contributed by atoms with Crippen LogP contribution in [0.3, 0.4) is 0 Å². The summed E-state index contributed by atoms with van der Waals surface area (Å²) >= 11 is 0. The summed E-state index contributed by atoms with van der Waals surface area (Å²) < 4.78 is 26.9. The van der Waals surface area contributed by atoms with Crippen LogP contribution >= 0.6 is 0 Å². The van der Waals surface area contributed by atoms with E-state index in [1.807, 2.05) is 13.8 Å². The summed E-state index contributed by atoms with van der Waals surface area (Å²) in [7, 11) is 0. The highest BCUT2D eigenvalue weighted by Gasteiger charge is 2.16. The van der Waals surface area contributed by atoms with Gasteiger partial charge in [-0.1, -0.05) is 6.92 Å². The molecule has 1 aromatic heterocycles. The first-order valence-electron chi connectivity index (χ1n) is 6.56. The van der Waals surface area contributed by atoms with E-state index in [1.165, 1.54) is 6.07 Å². The van der Waals surface area contributed by atoms with Gasteiger partial charge in [0.15, 0.2) is 0 Å². The highest BCUT2D eigenvalue weighted by Crippen LogP contribution is 2.19. The molecule has 0 amide bonds. The van der Waals surface area contributed by atoms with Crippen LogP contribution in [0.25, 0.3) is 0 Å². The van der Waals surface area contributed by atoms with Crippen molar-refractivity contribution in [3.63, 3.8) is 0 Å².